The molecule has 0 saturated heterocycles. The smallest absolute Gasteiger partial charge is 0.251 e. The minimum atomic E-state index is -0.192. The summed E-state index contributed by atoms with van der Waals surface area (Å²) in [5.74, 6) is -0.268. The molecular weight excluding hydrogens is 362 g/mol. The van der Waals surface area contributed by atoms with E-state index in [1.807, 2.05) is 25.1 Å². The second-order valence-corrected chi connectivity index (χ2v) is 7.15. The van der Waals surface area contributed by atoms with Crippen LogP contribution in [0.2, 0.25) is 0 Å². The number of aryl methyl sites for hydroxylation is 1. The zero-order valence-corrected chi connectivity index (χ0v) is 15.6. The zero-order valence-electron chi connectivity index (χ0n) is 14.8. The first-order valence-corrected chi connectivity index (χ1v) is 9.50. The van der Waals surface area contributed by atoms with Gasteiger partial charge in [0.1, 0.15) is 11.0 Å². The number of aromatic nitrogens is 2. The van der Waals surface area contributed by atoms with Gasteiger partial charge in [-0.05, 0) is 49.6 Å². The Bertz CT molecular complexity index is 1010. The molecule has 1 heterocycles. The molecule has 0 radical (unpaired) electrons. The minimum Gasteiger partial charge on any atom is -0.376 e. The lowest BCUT2D eigenvalue weighted by Crippen LogP contribution is -2.26. The monoisotopic (exact) mass is 381 g/mol. The van der Waals surface area contributed by atoms with E-state index in [0.717, 1.165) is 41.3 Å². The molecule has 0 spiro atoms. The summed E-state index contributed by atoms with van der Waals surface area (Å²) in [6, 6.07) is 11.3. The molecule has 4 rings (SSSR count). The maximum Gasteiger partial charge on any atom is 0.251 e. The molecule has 1 saturated carbocycles. The molecule has 3 N–H and O–H groups in total. The molecule has 0 aliphatic heterocycles. The third kappa shape index (κ3) is 4.06. The summed E-state index contributed by atoms with van der Waals surface area (Å²) in [6.45, 7) is 2.02. The van der Waals surface area contributed by atoms with Crippen molar-refractivity contribution in [1.82, 2.24) is 14.1 Å². The summed E-state index contributed by atoms with van der Waals surface area (Å²) in [4.78, 5) is 24.5. The van der Waals surface area contributed by atoms with E-state index >= 15 is 0 Å². The molecular formula is C19H19N5O2S. The predicted octanol–water partition coefficient (Wildman–Crippen LogP) is 2.94. The van der Waals surface area contributed by atoms with Gasteiger partial charge in [-0.2, -0.15) is 8.75 Å². The van der Waals surface area contributed by atoms with Gasteiger partial charge in [0.25, 0.3) is 5.91 Å². The van der Waals surface area contributed by atoms with Crippen LogP contribution in [0.5, 0.6) is 0 Å². The number of hydrogen-bond donors (Lipinski definition) is 3. The van der Waals surface area contributed by atoms with E-state index in [2.05, 4.69) is 24.7 Å². The molecule has 0 bridgehead atoms. The largest absolute Gasteiger partial charge is 0.376 e. The molecule has 2 aromatic carbocycles. The van der Waals surface area contributed by atoms with E-state index in [-0.39, 0.29) is 18.4 Å². The van der Waals surface area contributed by atoms with Gasteiger partial charge in [-0.1, -0.05) is 12.1 Å². The number of benzene rings is 2. The summed E-state index contributed by atoms with van der Waals surface area (Å²) in [7, 11) is 0. The van der Waals surface area contributed by atoms with Gasteiger partial charge in [0.15, 0.2) is 0 Å². The fourth-order valence-electron chi connectivity index (χ4n) is 2.73. The predicted molar refractivity (Wildman–Crippen MR) is 106 cm³/mol. The van der Waals surface area contributed by atoms with Crippen LogP contribution in [-0.2, 0) is 4.79 Å². The number of carbonyl (C=O) groups is 2. The molecule has 3 aromatic rings. The SMILES string of the molecule is Cc1ccc(C(=O)NC2CC2)cc1NCC(=O)Nc1cccc2nsnc12. The van der Waals surface area contributed by atoms with Gasteiger partial charge >= 0.3 is 0 Å². The number of fused-ring (bicyclic) bond motifs is 1. The molecule has 1 aliphatic carbocycles. The first-order valence-electron chi connectivity index (χ1n) is 8.76. The van der Waals surface area contributed by atoms with Crippen molar-refractivity contribution >= 4 is 46.0 Å². The van der Waals surface area contributed by atoms with Crippen LogP contribution in [-0.4, -0.2) is 33.1 Å². The summed E-state index contributed by atoms with van der Waals surface area (Å²) in [5, 5.41) is 8.94. The number of rotatable bonds is 6. The molecule has 27 heavy (non-hydrogen) atoms. The molecule has 138 valence electrons. The molecule has 8 heteroatoms. The van der Waals surface area contributed by atoms with Gasteiger partial charge < -0.3 is 16.0 Å². The highest BCUT2D eigenvalue weighted by Crippen LogP contribution is 2.22. The van der Waals surface area contributed by atoms with Crippen molar-refractivity contribution in [1.29, 1.82) is 0 Å². The molecule has 1 aliphatic rings. The lowest BCUT2D eigenvalue weighted by molar-refractivity contribution is -0.114. The summed E-state index contributed by atoms with van der Waals surface area (Å²) in [6.07, 6.45) is 2.09. The minimum absolute atomic E-state index is 0.0762. The van der Waals surface area contributed by atoms with Crippen molar-refractivity contribution in [3.63, 3.8) is 0 Å². The van der Waals surface area contributed by atoms with Crippen LogP contribution < -0.4 is 16.0 Å². The van der Waals surface area contributed by atoms with Crippen LogP contribution in [0.25, 0.3) is 11.0 Å². The summed E-state index contributed by atoms with van der Waals surface area (Å²) in [5.41, 5.74) is 4.41. The topological polar surface area (TPSA) is 96.0 Å². The Labute approximate surface area is 160 Å². The van der Waals surface area contributed by atoms with Gasteiger partial charge in [0.05, 0.1) is 24.0 Å². The third-order valence-corrected chi connectivity index (χ3v) is 4.95. The van der Waals surface area contributed by atoms with E-state index < -0.39 is 0 Å². The maximum absolute atomic E-state index is 12.3. The fraction of sp³-hybridized carbons (Fsp3) is 0.263. The second-order valence-electron chi connectivity index (χ2n) is 6.62. The quantitative estimate of drug-likeness (QED) is 0.610. The molecule has 7 nitrogen and oxygen atoms in total. The first kappa shape index (κ1) is 17.4. The number of nitrogens with one attached hydrogen (secondary N) is 3. The van der Waals surface area contributed by atoms with Crippen molar-refractivity contribution in [3.05, 3.63) is 47.5 Å². The molecule has 0 atom stereocenters. The molecule has 2 amide bonds. The van der Waals surface area contributed by atoms with Crippen molar-refractivity contribution in [2.75, 3.05) is 17.2 Å². The van der Waals surface area contributed by atoms with Gasteiger partial charge in [0, 0.05) is 17.3 Å². The van der Waals surface area contributed by atoms with E-state index in [0.29, 0.717) is 22.8 Å². The zero-order chi connectivity index (χ0) is 18.8. The molecule has 1 aromatic heterocycles. The van der Waals surface area contributed by atoms with Crippen LogP contribution in [0.15, 0.2) is 36.4 Å². The second kappa shape index (κ2) is 7.32. The average molecular weight is 381 g/mol. The average Bonchev–Trinajstić information content (AvgIpc) is 3.33. The number of amides is 2. The van der Waals surface area contributed by atoms with Crippen LogP contribution in [0.1, 0.15) is 28.8 Å². The van der Waals surface area contributed by atoms with Crippen molar-refractivity contribution in [2.45, 2.75) is 25.8 Å². The van der Waals surface area contributed by atoms with Crippen LogP contribution in [0.4, 0.5) is 11.4 Å². The number of carbonyl (C=O) groups excluding carboxylic acids is 2. The van der Waals surface area contributed by atoms with E-state index in [1.165, 1.54) is 0 Å². The summed E-state index contributed by atoms with van der Waals surface area (Å²) < 4.78 is 8.38. The molecule has 0 unspecified atom stereocenters. The lowest BCUT2D eigenvalue weighted by atomic mass is 10.1. The van der Waals surface area contributed by atoms with E-state index in [1.54, 1.807) is 18.2 Å². The Balaban J connectivity index is 1.41. The van der Waals surface area contributed by atoms with E-state index in [9.17, 15) is 9.59 Å². The third-order valence-electron chi connectivity index (χ3n) is 4.41. The van der Waals surface area contributed by atoms with E-state index in [4.69, 9.17) is 0 Å². The number of nitrogens with zero attached hydrogens (tertiary/aromatic N) is 2. The Morgan fingerprint density at radius 2 is 2.00 bits per heavy atom. The fourth-order valence-corrected chi connectivity index (χ4v) is 3.28. The number of anilines is 2. The molecule has 1 fully saturated rings. The standard InChI is InChI=1S/C19H19N5O2S/c1-11-5-6-12(19(26)21-13-7-8-13)9-16(11)20-10-17(25)22-14-3-2-4-15-18(14)24-27-23-15/h2-6,9,13,20H,7-8,10H2,1H3,(H,21,26)(H,22,25). The summed E-state index contributed by atoms with van der Waals surface area (Å²) >= 11 is 1.11. The van der Waals surface area contributed by atoms with Crippen LogP contribution in [0.3, 0.4) is 0 Å². The highest BCUT2D eigenvalue weighted by atomic mass is 32.1. The van der Waals surface area contributed by atoms with Crippen molar-refractivity contribution in [2.24, 2.45) is 0 Å². The first-order chi connectivity index (χ1) is 13.1. The Hall–Kier alpha value is -3.00. The van der Waals surface area contributed by atoms with Gasteiger partial charge in [-0.3, -0.25) is 9.59 Å². The maximum atomic E-state index is 12.3. The lowest BCUT2D eigenvalue weighted by Gasteiger charge is -2.12. The van der Waals surface area contributed by atoms with Crippen molar-refractivity contribution in [3.8, 4) is 0 Å². The van der Waals surface area contributed by atoms with Crippen molar-refractivity contribution < 1.29 is 9.59 Å². The Morgan fingerprint density at radius 3 is 2.81 bits per heavy atom. The number of hydrogen-bond acceptors (Lipinski definition) is 6. The normalized spacial score (nSPS) is 13.4. The Kier molecular flexibility index (Phi) is 4.72. The van der Waals surface area contributed by atoms with Gasteiger partial charge in [0.2, 0.25) is 5.91 Å². The highest BCUT2D eigenvalue weighted by Gasteiger charge is 2.24. The van der Waals surface area contributed by atoms with Gasteiger partial charge in [-0.25, -0.2) is 0 Å². The van der Waals surface area contributed by atoms with Gasteiger partial charge in [-0.15, -0.1) is 0 Å². The van der Waals surface area contributed by atoms with Crippen LogP contribution >= 0.6 is 11.7 Å². The van der Waals surface area contributed by atoms with Crippen LogP contribution in [0, 0.1) is 6.92 Å². The Morgan fingerprint density at radius 1 is 1.15 bits per heavy atom. The highest BCUT2D eigenvalue weighted by molar-refractivity contribution is 7.00.